The van der Waals surface area contributed by atoms with Crippen molar-refractivity contribution in [1.82, 2.24) is 5.32 Å². The van der Waals surface area contributed by atoms with E-state index >= 15 is 0 Å². The zero-order valence-electron chi connectivity index (χ0n) is 12.9. The van der Waals surface area contributed by atoms with Crippen molar-refractivity contribution in [2.75, 3.05) is 6.54 Å². The number of benzene rings is 1. The molecule has 0 amide bonds. The minimum absolute atomic E-state index is 0.427. The molecule has 0 radical (unpaired) electrons. The molecule has 2 aliphatic carbocycles. The largest absolute Gasteiger partial charge is 0.373 e. The Morgan fingerprint density at radius 1 is 1.29 bits per heavy atom. The maximum Gasteiger partial charge on any atom is 0.0731 e. The van der Waals surface area contributed by atoms with Gasteiger partial charge in [0.1, 0.15) is 0 Å². The first-order valence-corrected chi connectivity index (χ1v) is 9.14. The first-order valence-electron chi connectivity index (χ1n) is 8.34. The molecule has 2 nitrogen and oxygen atoms in total. The summed E-state index contributed by atoms with van der Waals surface area (Å²) in [5.74, 6) is 0. The third-order valence-corrected chi connectivity index (χ3v) is 6.13. The van der Waals surface area contributed by atoms with Gasteiger partial charge in [-0.15, -0.1) is 0 Å². The second-order valence-corrected chi connectivity index (χ2v) is 7.43. The summed E-state index contributed by atoms with van der Waals surface area (Å²) < 4.78 is 7.48. The van der Waals surface area contributed by atoms with Crippen LogP contribution < -0.4 is 5.32 Å². The normalized spacial score (nSPS) is 27.0. The molecule has 1 aromatic carbocycles. The van der Waals surface area contributed by atoms with Gasteiger partial charge in [0.2, 0.25) is 0 Å². The lowest BCUT2D eigenvalue weighted by Crippen LogP contribution is -2.62. The lowest BCUT2D eigenvalue weighted by molar-refractivity contribution is -0.140. The van der Waals surface area contributed by atoms with Crippen molar-refractivity contribution in [2.24, 2.45) is 5.41 Å². The standard InChI is InChI=1S/C18H26BrNO/c1-2-11-20-16-12-17(18(16)9-5-6-10-18)21-13-14-7-3-4-8-15(14)19/h3-4,7-8,16-17,20H,2,5-6,9-13H2,1H3. The summed E-state index contributed by atoms with van der Waals surface area (Å²) in [7, 11) is 0. The Morgan fingerprint density at radius 3 is 2.76 bits per heavy atom. The third kappa shape index (κ3) is 3.06. The van der Waals surface area contributed by atoms with Gasteiger partial charge in [0, 0.05) is 15.9 Å². The Labute approximate surface area is 136 Å². The minimum Gasteiger partial charge on any atom is -0.373 e. The van der Waals surface area contributed by atoms with E-state index in [2.05, 4.69) is 52.4 Å². The van der Waals surface area contributed by atoms with E-state index in [0.717, 1.165) is 17.6 Å². The van der Waals surface area contributed by atoms with Gasteiger partial charge in [-0.05, 0) is 43.9 Å². The van der Waals surface area contributed by atoms with Crippen molar-refractivity contribution in [3.8, 4) is 0 Å². The van der Waals surface area contributed by atoms with Gasteiger partial charge in [0.15, 0.2) is 0 Å². The molecule has 2 fully saturated rings. The van der Waals surface area contributed by atoms with Crippen molar-refractivity contribution in [3.63, 3.8) is 0 Å². The van der Waals surface area contributed by atoms with Gasteiger partial charge in [-0.1, -0.05) is 53.9 Å². The average Bonchev–Trinajstić information content (AvgIpc) is 3.00. The molecule has 1 N–H and O–H groups in total. The predicted octanol–water partition coefficient (Wildman–Crippen LogP) is 4.67. The second-order valence-electron chi connectivity index (χ2n) is 6.57. The van der Waals surface area contributed by atoms with Crippen LogP contribution in [0.1, 0.15) is 51.0 Å². The van der Waals surface area contributed by atoms with Gasteiger partial charge >= 0.3 is 0 Å². The number of nitrogens with one attached hydrogen (secondary N) is 1. The molecule has 21 heavy (non-hydrogen) atoms. The lowest BCUT2D eigenvalue weighted by atomic mass is 9.60. The molecule has 2 aliphatic rings. The fraction of sp³-hybridized carbons (Fsp3) is 0.667. The lowest BCUT2D eigenvalue weighted by Gasteiger charge is -2.54. The molecule has 0 aliphatic heterocycles. The molecule has 1 aromatic rings. The van der Waals surface area contributed by atoms with Crippen molar-refractivity contribution in [2.45, 2.75) is 64.2 Å². The van der Waals surface area contributed by atoms with E-state index in [-0.39, 0.29) is 0 Å². The van der Waals surface area contributed by atoms with Crippen LogP contribution in [0.3, 0.4) is 0 Å². The van der Waals surface area contributed by atoms with Gasteiger partial charge in [-0.25, -0.2) is 0 Å². The molecule has 2 unspecified atom stereocenters. The van der Waals surface area contributed by atoms with Crippen molar-refractivity contribution in [3.05, 3.63) is 34.3 Å². The van der Waals surface area contributed by atoms with Crippen LogP contribution in [0.5, 0.6) is 0 Å². The highest BCUT2D eigenvalue weighted by molar-refractivity contribution is 9.10. The van der Waals surface area contributed by atoms with E-state index in [0.29, 0.717) is 17.6 Å². The SMILES string of the molecule is CCCNC1CC(OCc2ccccc2Br)C12CCCC2. The summed E-state index contributed by atoms with van der Waals surface area (Å²) in [6.07, 6.45) is 8.28. The minimum atomic E-state index is 0.427. The molecule has 2 atom stereocenters. The maximum atomic E-state index is 6.32. The molecule has 3 rings (SSSR count). The summed E-state index contributed by atoms with van der Waals surface area (Å²) in [5, 5.41) is 3.75. The highest BCUT2D eigenvalue weighted by atomic mass is 79.9. The average molecular weight is 352 g/mol. The summed E-state index contributed by atoms with van der Waals surface area (Å²) in [5.41, 5.74) is 1.69. The summed E-state index contributed by atoms with van der Waals surface area (Å²) in [6, 6.07) is 9.07. The highest BCUT2D eigenvalue weighted by Gasteiger charge is 2.56. The van der Waals surface area contributed by atoms with Crippen LogP contribution in [0.15, 0.2) is 28.7 Å². The first kappa shape index (κ1) is 15.5. The maximum absolute atomic E-state index is 6.32. The zero-order valence-corrected chi connectivity index (χ0v) is 14.5. The van der Waals surface area contributed by atoms with Crippen molar-refractivity contribution >= 4 is 15.9 Å². The van der Waals surface area contributed by atoms with Crippen molar-refractivity contribution < 1.29 is 4.74 Å². The van der Waals surface area contributed by atoms with E-state index in [9.17, 15) is 0 Å². The molecule has 3 heteroatoms. The number of rotatable bonds is 6. The van der Waals surface area contributed by atoms with Gasteiger partial charge in [-0.3, -0.25) is 0 Å². The van der Waals surface area contributed by atoms with Crippen LogP contribution in [0.2, 0.25) is 0 Å². The van der Waals surface area contributed by atoms with Gasteiger partial charge in [0.05, 0.1) is 12.7 Å². The van der Waals surface area contributed by atoms with Crippen LogP contribution in [0, 0.1) is 5.41 Å². The topological polar surface area (TPSA) is 21.3 Å². The molecule has 1 spiro atoms. The van der Waals surface area contributed by atoms with E-state index in [1.807, 2.05) is 0 Å². The fourth-order valence-electron chi connectivity index (χ4n) is 4.10. The Hall–Kier alpha value is -0.380. The molecule has 0 aromatic heterocycles. The summed E-state index contributed by atoms with van der Waals surface area (Å²) >= 11 is 3.62. The van der Waals surface area contributed by atoms with Crippen LogP contribution in [-0.2, 0) is 11.3 Å². The zero-order chi connectivity index (χ0) is 14.7. The number of hydrogen-bond acceptors (Lipinski definition) is 2. The molecule has 116 valence electrons. The monoisotopic (exact) mass is 351 g/mol. The third-order valence-electron chi connectivity index (χ3n) is 5.36. The van der Waals surface area contributed by atoms with E-state index in [4.69, 9.17) is 4.74 Å². The Kier molecular flexibility index (Phi) is 5.03. The Morgan fingerprint density at radius 2 is 2.05 bits per heavy atom. The van der Waals surface area contributed by atoms with Gasteiger partial charge in [-0.2, -0.15) is 0 Å². The predicted molar refractivity (Wildman–Crippen MR) is 90.3 cm³/mol. The molecule has 2 saturated carbocycles. The second kappa shape index (κ2) is 6.80. The number of ether oxygens (including phenoxy) is 1. The molecular weight excluding hydrogens is 326 g/mol. The van der Waals surface area contributed by atoms with Gasteiger partial charge < -0.3 is 10.1 Å². The summed E-state index contributed by atoms with van der Waals surface area (Å²) in [4.78, 5) is 0. The van der Waals surface area contributed by atoms with Crippen LogP contribution in [0.25, 0.3) is 0 Å². The molecular formula is C18H26BrNO. The Balaban J connectivity index is 1.60. The van der Waals surface area contributed by atoms with E-state index < -0.39 is 0 Å². The number of hydrogen-bond donors (Lipinski definition) is 1. The van der Waals surface area contributed by atoms with Gasteiger partial charge in [0.25, 0.3) is 0 Å². The summed E-state index contributed by atoms with van der Waals surface area (Å²) in [6.45, 7) is 4.12. The smallest absolute Gasteiger partial charge is 0.0731 e. The Bertz CT molecular complexity index is 470. The first-order chi connectivity index (χ1) is 10.3. The quantitative estimate of drug-likeness (QED) is 0.804. The van der Waals surface area contributed by atoms with Crippen LogP contribution in [0.4, 0.5) is 0 Å². The number of halogens is 1. The van der Waals surface area contributed by atoms with E-state index in [1.165, 1.54) is 44.1 Å². The van der Waals surface area contributed by atoms with Crippen molar-refractivity contribution in [1.29, 1.82) is 0 Å². The highest BCUT2D eigenvalue weighted by Crippen LogP contribution is 2.54. The van der Waals surface area contributed by atoms with E-state index in [1.54, 1.807) is 0 Å². The molecule has 0 saturated heterocycles. The molecule has 0 bridgehead atoms. The van der Waals surface area contributed by atoms with Crippen LogP contribution >= 0.6 is 15.9 Å². The van der Waals surface area contributed by atoms with Crippen LogP contribution in [-0.4, -0.2) is 18.7 Å². The fourth-order valence-corrected chi connectivity index (χ4v) is 4.50. The molecule has 0 heterocycles.